The maximum absolute atomic E-state index is 13.4. The van der Waals surface area contributed by atoms with Gasteiger partial charge in [-0.15, -0.1) is 0 Å². The third-order valence-electron chi connectivity index (χ3n) is 5.39. The van der Waals surface area contributed by atoms with E-state index in [9.17, 15) is 18.0 Å². The summed E-state index contributed by atoms with van der Waals surface area (Å²) in [7, 11) is -2.60. The van der Waals surface area contributed by atoms with Gasteiger partial charge in [-0.25, -0.2) is 8.42 Å². The Morgan fingerprint density at radius 2 is 1.68 bits per heavy atom. The minimum Gasteiger partial charge on any atom is -0.354 e. The van der Waals surface area contributed by atoms with E-state index in [1.54, 1.807) is 24.3 Å². The summed E-state index contributed by atoms with van der Waals surface area (Å²) in [5.74, 6) is -0.781. The lowest BCUT2D eigenvalue weighted by atomic mass is 10.1. The van der Waals surface area contributed by atoms with Crippen LogP contribution in [0.4, 0.5) is 0 Å². The molecule has 0 bridgehead atoms. The van der Waals surface area contributed by atoms with E-state index in [2.05, 4.69) is 5.32 Å². The van der Waals surface area contributed by atoms with Crippen LogP contribution in [-0.2, 0) is 26.2 Å². The fourth-order valence-electron chi connectivity index (χ4n) is 3.39. The maximum Gasteiger partial charge on any atom is 0.243 e. The Kier molecular flexibility index (Phi) is 10.8. The highest BCUT2D eigenvalue weighted by Crippen LogP contribution is 2.21. The second kappa shape index (κ2) is 13.1. The van der Waals surface area contributed by atoms with Crippen LogP contribution < -0.4 is 5.32 Å². The van der Waals surface area contributed by atoms with Crippen LogP contribution in [0.1, 0.15) is 38.7 Å². The molecular formula is C24H31Cl2N3O4S. The van der Waals surface area contributed by atoms with Crippen molar-refractivity contribution in [3.05, 3.63) is 64.1 Å². The number of nitrogens with one attached hydrogen (secondary N) is 1. The molecule has 34 heavy (non-hydrogen) atoms. The van der Waals surface area contributed by atoms with Crippen molar-refractivity contribution in [2.45, 2.75) is 50.6 Å². The fraction of sp³-hybridized carbons (Fsp3) is 0.417. The van der Waals surface area contributed by atoms with Crippen LogP contribution in [0.25, 0.3) is 0 Å². The van der Waals surface area contributed by atoms with Gasteiger partial charge in [-0.1, -0.05) is 61.7 Å². The molecule has 2 amide bonds. The van der Waals surface area contributed by atoms with Gasteiger partial charge in [0.1, 0.15) is 6.04 Å². The molecule has 2 aromatic rings. The predicted molar refractivity (Wildman–Crippen MR) is 135 cm³/mol. The van der Waals surface area contributed by atoms with Crippen LogP contribution in [0, 0.1) is 0 Å². The first-order valence-corrected chi connectivity index (χ1v) is 13.3. The lowest BCUT2D eigenvalue weighted by molar-refractivity contribution is -0.141. The first-order valence-electron chi connectivity index (χ1n) is 11.1. The molecule has 2 aromatic carbocycles. The molecule has 0 heterocycles. The average Bonchev–Trinajstić information content (AvgIpc) is 2.80. The van der Waals surface area contributed by atoms with Gasteiger partial charge in [0, 0.05) is 30.2 Å². The van der Waals surface area contributed by atoms with Gasteiger partial charge in [0.15, 0.2) is 0 Å². The summed E-state index contributed by atoms with van der Waals surface area (Å²) in [6.45, 7) is 3.98. The minimum absolute atomic E-state index is 0.0224. The van der Waals surface area contributed by atoms with Crippen molar-refractivity contribution in [1.29, 1.82) is 0 Å². The van der Waals surface area contributed by atoms with E-state index in [-0.39, 0.29) is 17.3 Å². The smallest absolute Gasteiger partial charge is 0.243 e. The van der Waals surface area contributed by atoms with Crippen molar-refractivity contribution in [3.63, 3.8) is 0 Å². The van der Waals surface area contributed by atoms with E-state index < -0.39 is 28.5 Å². The van der Waals surface area contributed by atoms with Crippen LogP contribution >= 0.6 is 23.2 Å². The molecular weight excluding hydrogens is 497 g/mol. The molecule has 7 nitrogen and oxygen atoms in total. The summed E-state index contributed by atoms with van der Waals surface area (Å²) in [5.41, 5.74) is 0.667. The summed E-state index contributed by atoms with van der Waals surface area (Å²) < 4.78 is 26.9. The third kappa shape index (κ3) is 7.43. The van der Waals surface area contributed by atoms with E-state index in [0.29, 0.717) is 28.6 Å². The summed E-state index contributed by atoms with van der Waals surface area (Å²) in [5, 5.41) is 3.74. The lowest BCUT2D eigenvalue weighted by Gasteiger charge is -2.32. The molecule has 0 aliphatic heterocycles. The van der Waals surface area contributed by atoms with Crippen molar-refractivity contribution >= 4 is 45.0 Å². The molecule has 0 spiro atoms. The van der Waals surface area contributed by atoms with Crippen molar-refractivity contribution in [2.24, 2.45) is 0 Å². The van der Waals surface area contributed by atoms with Gasteiger partial charge in [0.2, 0.25) is 21.8 Å². The van der Waals surface area contributed by atoms with Crippen molar-refractivity contribution in [3.8, 4) is 0 Å². The zero-order chi connectivity index (χ0) is 25.3. The Hall–Kier alpha value is -2.13. The topological polar surface area (TPSA) is 86.8 Å². The molecule has 0 aliphatic rings. The Balaban J connectivity index is 2.30. The average molecular weight is 529 g/mol. The molecule has 0 aromatic heterocycles. The number of halogens is 2. The molecule has 1 atom stereocenters. The van der Waals surface area contributed by atoms with Crippen molar-refractivity contribution < 1.29 is 18.0 Å². The van der Waals surface area contributed by atoms with Gasteiger partial charge >= 0.3 is 0 Å². The van der Waals surface area contributed by atoms with Crippen LogP contribution in [0.5, 0.6) is 0 Å². The standard InChI is InChI=1S/C24H31Cl2N3O4S/c1-4-6-15-27-24(31)22(5-2)29(16-18-9-7-8-10-21(18)26)23(30)17-28(3)34(32,33)20-13-11-19(25)12-14-20/h7-14,22H,4-6,15-17H2,1-3H3,(H,27,31)/t22-/m1/s1. The summed E-state index contributed by atoms with van der Waals surface area (Å²) in [6.07, 6.45) is 2.11. The second-order valence-electron chi connectivity index (χ2n) is 7.90. The van der Waals surface area contributed by atoms with E-state index in [0.717, 1.165) is 17.1 Å². The number of rotatable bonds is 12. The molecule has 0 unspecified atom stereocenters. The molecule has 10 heteroatoms. The van der Waals surface area contributed by atoms with Gasteiger partial charge in [0.05, 0.1) is 11.4 Å². The minimum atomic E-state index is -3.94. The monoisotopic (exact) mass is 527 g/mol. The highest BCUT2D eigenvalue weighted by atomic mass is 35.5. The van der Waals surface area contributed by atoms with Crippen molar-refractivity contribution in [2.75, 3.05) is 20.1 Å². The normalized spacial score (nSPS) is 12.4. The Bertz CT molecular complexity index is 1080. The number of nitrogens with zero attached hydrogens (tertiary/aromatic N) is 2. The number of hydrogen-bond acceptors (Lipinski definition) is 4. The number of likely N-dealkylation sites (N-methyl/N-ethyl adjacent to an activating group) is 1. The largest absolute Gasteiger partial charge is 0.354 e. The van der Waals surface area contributed by atoms with E-state index in [1.807, 2.05) is 13.8 Å². The maximum atomic E-state index is 13.4. The molecule has 0 saturated carbocycles. The number of amides is 2. The Morgan fingerprint density at radius 1 is 1.03 bits per heavy atom. The number of hydrogen-bond donors (Lipinski definition) is 1. The van der Waals surface area contributed by atoms with E-state index in [1.165, 1.54) is 36.2 Å². The number of unbranched alkanes of at least 4 members (excludes halogenated alkanes) is 1. The summed E-state index contributed by atoms with van der Waals surface area (Å²) in [6, 6.07) is 12.0. The molecule has 1 N–H and O–H groups in total. The highest BCUT2D eigenvalue weighted by molar-refractivity contribution is 7.89. The number of benzene rings is 2. The quantitative estimate of drug-likeness (QED) is 0.416. The summed E-state index contributed by atoms with van der Waals surface area (Å²) in [4.78, 5) is 27.8. The van der Waals surface area contributed by atoms with E-state index in [4.69, 9.17) is 23.2 Å². The van der Waals surface area contributed by atoms with Gasteiger partial charge < -0.3 is 10.2 Å². The molecule has 2 rings (SSSR count). The van der Waals surface area contributed by atoms with Crippen LogP contribution in [0.2, 0.25) is 10.0 Å². The Labute approximate surface area is 212 Å². The van der Waals surface area contributed by atoms with Crippen LogP contribution in [-0.4, -0.2) is 55.6 Å². The van der Waals surface area contributed by atoms with Crippen LogP contribution in [0.15, 0.2) is 53.4 Å². The van der Waals surface area contributed by atoms with Crippen LogP contribution in [0.3, 0.4) is 0 Å². The Morgan fingerprint density at radius 3 is 2.26 bits per heavy atom. The first kappa shape index (κ1) is 28.1. The van der Waals surface area contributed by atoms with E-state index >= 15 is 0 Å². The SMILES string of the molecule is CCCCNC(=O)[C@@H](CC)N(Cc1ccccc1Cl)C(=O)CN(C)S(=O)(=O)c1ccc(Cl)cc1. The molecule has 0 radical (unpaired) electrons. The molecule has 186 valence electrons. The van der Waals surface area contributed by atoms with Crippen molar-refractivity contribution in [1.82, 2.24) is 14.5 Å². The number of carbonyl (C=O) groups is 2. The fourth-order valence-corrected chi connectivity index (χ4v) is 4.83. The van der Waals surface area contributed by atoms with Gasteiger partial charge in [-0.3, -0.25) is 9.59 Å². The number of carbonyl (C=O) groups excluding carboxylic acids is 2. The van der Waals surface area contributed by atoms with Gasteiger partial charge in [0.25, 0.3) is 0 Å². The number of sulfonamides is 1. The zero-order valence-electron chi connectivity index (χ0n) is 19.6. The predicted octanol–water partition coefficient (Wildman–Crippen LogP) is 4.34. The first-order chi connectivity index (χ1) is 16.1. The second-order valence-corrected chi connectivity index (χ2v) is 10.8. The highest BCUT2D eigenvalue weighted by Gasteiger charge is 2.32. The summed E-state index contributed by atoms with van der Waals surface area (Å²) >= 11 is 12.2. The molecule has 0 aliphatic carbocycles. The third-order valence-corrected chi connectivity index (χ3v) is 7.83. The molecule has 0 saturated heterocycles. The molecule has 0 fully saturated rings. The van der Waals surface area contributed by atoms with Gasteiger partial charge in [-0.05, 0) is 48.7 Å². The van der Waals surface area contributed by atoms with Gasteiger partial charge in [-0.2, -0.15) is 4.31 Å². The lowest BCUT2D eigenvalue weighted by Crippen LogP contribution is -2.51. The zero-order valence-corrected chi connectivity index (χ0v) is 22.0.